The highest BCUT2D eigenvalue weighted by Crippen LogP contribution is 2.33. The van der Waals surface area contributed by atoms with Gasteiger partial charge < -0.3 is 24.4 Å². The largest absolute Gasteiger partial charge is 0.508 e. The summed E-state index contributed by atoms with van der Waals surface area (Å²) in [5, 5.41) is 20.8. The van der Waals surface area contributed by atoms with Gasteiger partial charge in [-0.3, -0.25) is 4.98 Å². The molecular weight excluding hydrogens is 370 g/mol. The van der Waals surface area contributed by atoms with Crippen LogP contribution >= 0.6 is 0 Å². The monoisotopic (exact) mass is 393 g/mol. The Morgan fingerprint density at radius 2 is 1.31 bits per heavy atom. The minimum absolute atomic E-state index is 0.240. The van der Waals surface area contributed by atoms with E-state index in [0.717, 1.165) is 59.8 Å². The molecule has 0 unspecified atom stereocenters. The van der Waals surface area contributed by atoms with E-state index < -0.39 is 0 Å². The molecule has 150 valence electrons. The normalized spacial score (nSPS) is 17.7. The molecule has 4 heterocycles. The lowest BCUT2D eigenvalue weighted by molar-refractivity contribution is 0.122. The number of hydrogen-bond donors (Lipinski definition) is 1. The van der Waals surface area contributed by atoms with Crippen LogP contribution in [0.4, 0.5) is 11.6 Å². The van der Waals surface area contributed by atoms with Crippen LogP contribution in [0.2, 0.25) is 0 Å². The number of phenols is 1. The molecule has 2 fully saturated rings. The lowest BCUT2D eigenvalue weighted by atomic mass is 10.1. The number of ether oxygens (including phenoxy) is 2. The van der Waals surface area contributed by atoms with Crippen LogP contribution in [0.5, 0.6) is 5.75 Å². The molecule has 5 rings (SSSR count). The molecule has 2 saturated heterocycles. The molecule has 0 saturated carbocycles. The molecule has 2 aliphatic rings. The fourth-order valence-electron chi connectivity index (χ4n) is 3.83. The smallest absolute Gasteiger partial charge is 0.161 e. The summed E-state index contributed by atoms with van der Waals surface area (Å²) in [5.74, 6) is 1.96. The summed E-state index contributed by atoms with van der Waals surface area (Å²) in [6, 6.07) is 9.16. The number of anilines is 2. The predicted octanol–water partition coefficient (Wildman–Crippen LogP) is 2.07. The lowest BCUT2D eigenvalue weighted by Gasteiger charge is -2.31. The van der Waals surface area contributed by atoms with E-state index in [2.05, 4.69) is 26.1 Å². The summed E-state index contributed by atoms with van der Waals surface area (Å²) >= 11 is 0. The standard InChI is InChI=1S/C21H23N5O3/c27-16-3-1-15(2-4-16)19-13-17-18(14-22-19)21(26-7-11-29-12-8-26)24-23-20(17)25-5-9-28-10-6-25/h1-4,13-14,27H,5-12H2. The van der Waals surface area contributed by atoms with E-state index in [4.69, 9.17) is 14.5 Å². The molecule has 2 aromatic heterocycles. The Kier molecular flexibility index (Phi) is 4.87. The van der Waals surface area contributed by atoms with Crippen LogP contribution in [0, 0.1) is 0 Å². The van der Waals surface area contributed by atoms with Crippen molar-refractivity contribution in [3.8, 4) is 17.0 Å². The van der Waals surface area contributed by atoms with Crippen LogP contribution in [0.25, 0.3) is 22.0 Å². The third-order valence-corrected chi connectivity index (χ3v) is 5.41. The molecule has 0 bridgehead atoms. The molecule has 2 aliphatic heterocycles. The van der Waals surface area contributed by atoms with Gasteiger partial charge in [0, 0.05) is 48.7 Å². The van der Waals surface area contributed by atoms with Gasteiger partial charge in [0.15, 0.2) is 11.6 Å². The second-order valence-electron chi connectivity index (χ2n) is 7.21. The summed E-state index contributed by atoms with van der Waals surface area (Å²) in [5.41, 5.74) is 1.79. The van der Waals surface area contributed by atoms with Gasteiger partial charge >= 0.3 is 0 Å². The van der Waals surface area contributed by atoms with Gasteiger partial charge in [0.2, 0.25) is 0 Å². The molecule has 8 nitrogen and oxygen atoms in total. The second kappa shape index (κ2) is 7.81. The van der Waals surface area contributed by atoms with Crippen LogP contribution in [0.1, 0.15) is 0 Å². The third kappa shape index (κ3) is 3.56. The quantitative estimate of drug-likeness (QED) is 0.724. The summed E-state index contributed by atoms with van der Waals surface area (Å²) < 4.78 is 11.0. The topological polar surface area (TPSA) is 83.8 Å². The van der Waals surface area contributed by atoms with Gasteiger partial charge in [0.05, 0.1) is 32.1 Å². The number of morpholine rings is 2. The number of hydrogen-bond acceptors (Lipinski definition) is 8. The van der Waals surface area contributed by atoms with E-state index in [1.165, 1.54) is 0 Å². The van der Waals surface area contributed by atoms with Gasteiger partial charge in [-0.05, 0) is 30.3 Å². The highest BCUT2D eigenvalue weighted by molar-refractivity contribution is 6.00. The molecule has 0 spiro atoms. The van der Waals surface area contributed by atoms with Crippen molar-refractivity contribution in [1.29, 1.82) is 0 Å². The number of fused-ring (bicyclic) bond motifs is 1. The zero-order valence-electron chi connectivity index (χ0n) is 16.1. The molecule has 8 heteroatoms. The number of aromatic hydroxyl groups is 1. The average molecular weight is 393 g/mol. The van der Waals surface area contributed by atoms with Crippen LogP contribution in [0.3, 0.4) is 0 Å². The van der Waals surface area contributed by atoms with Crippen molar-refractivity contribution in [2.75, 3.05) is 62.4 Å². The van der Waals surface area contributed by atoms with Crippen LogP contribution in [-0.4, -0.2) is 72.9 Å². The minimum atomic E-state index is 0.240. The maximum absolute atomic E-state index is 9.60. The molecule has 1 aromatic carbocycles. The summed E-state index contributed by atoms with van der Waals surface area (Å²) in [4.78, 5) is 9.13. The molecule has 29 heavy (non-hydrogen) atoms. The van der Waals surface area contributed by atoms with Crippen molar-refractivity contribution >= 4 is 22.4 Å². The first-order valence-corrected chi connectivity index (χ1v) is 9.91. The van der Waals surface area contributed by atoms with Gasteiger partial charge in [0.1, 0.15) is 5.75 Å². The Balaban J connectivity index is 1.64. The predicted molar refractivity (Wildman–Crippen MR) is 110 cm³/mol. The van der Waals surface area contributed by atoms with E-state index in [1.54, 1.807) is 12.1 Å². The van der Waals surface area contributed by atoms with Crippen molar-refractivity contribution in [2.45, 2.75) is 0 Å². The summed E-state index contributed by atoms with van der Waals surface area (Å²) in [7, 11) is 0. The van der Waals surface area contributed by atoms with Crippen molar-refractivity contribution in [3.05, 3.63) is 36.5 Å². The Bertz CT molecular complexity index is 999. The summed E-state index contributed by atoms with van der Waals surface area (Å²) in [6.45, 7) is 5.91. The average Bonchev–Trinajstić information content (AvgIpc) is 2.79. The molecule has 3 aromatic rings. The Labute approximate surface area is 168 Å². The third-order valence-electron chi connectivity index (χ3n) is 5.41. The van der Waals surface area contributed by atoms with Crippen LogP contribution < -0.4 is 9.80 Å². The van der Waals surface area contributed by atoms with E-state index in [0.29, 0.717) is 26.4 Å². The second-order valence-corrected chi connectivity index (χ2v) is 7.21. The molecule has 0 atom stereocenters. The first kappa shape index (κ1) is 18.1. The first-order valence-electron chi connectivity index (χ1n) is 9.91. The van der Waals surface area contributed by atoms with Gasteiger partial charge in [-0.25, -0.2) is 0 Å². The number of nitrogens with zero attached hydrogens (tertiary/aromatic N) is 5. The zero-order chi connectivity index (χ0) is 19.6. The van der Waals surface area contributed by atoms with Gasteiger partial charge in [-0.1, -0.05) is 0 Å². The zero-order valence-corrected chi connectivity index (χ0v) is 16.1. The fraction of sp³-hybridized carbons (Fsp3) is 0.381. The fourth-order valence-corrected chi connectivity index (χ4v) is 3.83. The molecule has 0 radical (unpaired) electrons. The van der Waals surface area contributed by atoms with Crippen molar-refractivity contribution in [3.63, 3.8) is 0 Å². The number of rotatable bonds is 3. The van der Waals surface area contributed by atoms with Crippen LogP contribution in [-0.2, 0) is 9.47 Å². The number of aromatic nitrogens is 3. The summed E-state index contributed by atoms with van der Waals surface area (Å²) in [6.07, 6.45) is 1.89. The maximum atomic E-state index is 9.60. The number of pyridine rings is 1. The van der Waals surface area contributed by atoms with E-state index in [9.17, 15) is 5.11 Å². The minimum Gasteiger partial charge on any atom is -0.508 e. The van der Waals surface area contributed by atoms with Gasteiger partial charge in [-0.15, -0.1) is 10.2 Å². The lowest BCUT2D eigenvalue weighted by Crippen LogP contribution is -2.38. The highest BCUT2D eigenvalue weighted by Gasteiger charge is 2.22. The Hall–Kier alpha value is -2.97. The van der Waals surface area contributed by atoms with Gasteiger partial charge in [-0.2, -0.15) is 0 Å². The number of benzene rings is 1. The maximum Gasteiger partial charge on any atom is 0.161 e. The molecule has 0 amide bonds. The Morgan fingerprint density at radius 1 is 0.759 bits per heavy atom. The van der Waals surface area contributed by atoms with E-state index >= 15 is 0 Å². The van der Waals surface area contributed by atoms with Crippen molar-refractivity contribution < 1.29 is 14.6 Å². The van der Waals surface area contributed by atoms with Gasteiger partial charge in [0.25, 0.3) is 0 Å². The van der Waals surface area contributed by atoms with Crippen LogP contribution in [0.15, 0.2) is 36.5 Å². The SMILES string of the molecule is Oc1ccc(-c2cc3c(N4CCOCC4)nnc(N4CCOCC4)c3cn2)cc1. The molecule has 0 aliphatic carbocycles. The van der Waals surface area contributed by atoms with E-state index in [-0.39, 0.29) is 5.75 Å². The number of phenolic OH excluding ortho intramolecular Hbond substituents is 1. The van der Waals surface area contributed by atoms with Crippen molar-refractivity contribution in [1.82, 2.24) is 15.2 Å². The van der Waals surface area contributed by atoms with Crippen molar-refractivity contribution in [2.24, 2.45) is 0 Å². The highest BCUT2D eigenvalue weighted by atomic mass is 16.5. The first-order chi connectivity index (χ1) is 14.3. The molecule has 1 N–H and O–H groups in total. The molecular formula is C21H23N5O3. The Morgan fingerprint density at radius 3 is 1.90 bits per heavy atom. The van der Waals surface area contributed by atoms with E-state index in [1.807, 2.05) is 18.3 Å².